The van der Waals surface area contributed by atoms with Gasteiger partial charge in [-0.15, -0.1) is 5.06 Å². The normalized spacial score (nSPS) is 27.0. The Labute approximate surface area is 181 Å². The fourth-order valence-corrected chi connectivity index (χ4v) is 3.43. The van der Waals surface area contributed by atoms with Gasteiger partial charge in [-0.25, -0.2) is 9.23 Å². The fraction of sp³-hybridized carbons (Fsp3) is 0.450. The second-order valence-corrected chi connectivity index (χ2v) is 6.98. The summed E-state index contributed by atoms with van der Waals surface area (Å²) < 4.78 is 34.6. The summed E-state index contributed by atoms with van der Waals surface area (Å²) in [4.78, 5) is 65.6. The Morgan fingerprint density at radius 2 is 1.34 bits per heavy atom. The number of hydroxylamine groups is 2. The zero-order valence-electron chi connectivity index (χ0n) is 17.3. The van der Waals surface area contributed by atoms with Gasteiger partial charge in [0, 0.05) is 20.8 Å². The average Bonchev–Trinajstić information content (AvgIpc) is 2.96. The van der Waals surface area contributed by atoms with Gasteiger partial charge in [0.15, 0.2) is 18.3 Å². The first-order valence-electron chi connectivity index (χ1n) is 9.51. The Hall–Kier alpha value is -3.38. The van der Waals surface area contributed by atoms with Crippen molar-refractivity contribution in [1.29, 1.82) is 0 Å². The van der Waals surface area contributed by atoms with Crippen LogP contribution < -0.4 is 0 Å². The number of halogens is 1. The maximum atomic E-state index is 13.8. The van der Waals surface area contributed by atoms with Gasteiger partial charge in [-0.3, -0.25) is 24.0 Å². The van der Waals surface area contributed by atoms with E-state index in [2.05, 4.69) is 0 Å². The van der Waals surface area contributed by atoms with Crippen molar-refractivity contribution in [3.63, 3.8) is 0 Å². The van der Waals surface area contributed by atoms with Crippen LogP contribution in [0.4, 0.5) is 4.39 Å². The van der Waals surface area contributed by atoms with Crippen LogP contribution in [0.2, 0.25) is 0 Å². The highest BCUT2D eigenvalue weighted by Crippen LogP contribution is 2.32. The second-order valence-electron chi connectivity index (χ2n) is 6.98. The third-order valence-electron chi connectivity index (χ3n) is 4.62. The molecular formula is C20H20FNO10. The van der Waals surface area contributed by atoms with E-state index in [-0.39, 0.29) is 11.1 Å². The summed E-state index contributed by atoms with van der Waals surface area (Å²) in [5, 5.41) is 0.387. The van der Waals surface area contributed by atoms with Gasteiger partial charge < -0.3 is 18.9 Å². The molecular weight excluding hydrogens is 433 g/mol. The number of nitrogens with zero attached hydrogens (tertiary/aromatic N) is 1. The van der Waals surface area contributed by atoms with E-state index in [0.717, 1.165) is 20.8 Å². The topological polar surface area (TPSA) is 135 Å². The van der Waals surface area contributed by atoms with Crippen molar-refractivity contribution in [3.05, 3.63) is 35.4 Å². The maximum absolute atomic E-state index is 13.8. The smallest absolute Gasteiger partial charge is 0.303 e. The van der Waals surface area contributed by atoms with Crippen LogP contribution in [0, 0.1) is 0 Å². The number of hydrogen-bond donors (Lipinski definition) is 0. The molecule has 172 valence electrons. The number of benzene rings is 1. The van der Waals surface area contributed by atoms with Crippen LogP contribution in [0.3, 0.4) is 0 Å². The van der Waals surface area contributed by atoms with Crippen molar-refractivity contribution in [1.82, 2.24) is 5.06 Å². The van der Waals surface area contributed by atoms with E-state index in [1.54, 1.807) is 12.1 Å². The summed E-state index contributed by atoms with van der Waals surface area (Å²) >= 11 is 0. The monoisotopic (exact) mass is 453 g/mol. The molecule has 1 aromatic carbocycles. The molecule has 0 saturated carbocycles. The van der Waals surface area contributed by atoms with Gasteiger partial charge in [-0.05, 0) is 12.1 Å². The predicted octanol–water partition coefficient (Wildman–Crippen LogP) is 0.704. The van der Waals surface area contributed by atoms with Crippen molar-refractivity contribution < 1.29 is 52.1 Å². The molecule has 0 radical (unpaired) electrons. The van der Waals surface area contributed by atoms with Gasteiger partial charge in [-0.1, -0.05) is 12.1 Å². The molecule has 3 rings (SSSR count). The number of imide groups is 1. The van der Waals surface area contributed by atoms with E-state index in [9.17, 15) is 28.4 Å². The predicted molar refractivity (Wildman–Crippen MR) is 99.3 cm³/mol. The van der Waals surface area contributed by atoms with Crippen molar-refractivity contribution in [3.8, 4) is 0 Å². The van der Waals surface area contributed by atoms with Gasteiger partial charge in [0.05, 0.1) is 11.1 Å². The van der Waals surface area contributed by atoms with Crippen LogP contribution >= 0.6 is 0 Å². The summed E-state index contributed by atoms with van der Waals surface area (Å²) in [6.07, 6.45) is -7.91. The third-order valence-corrected chi connectivity index (χ3v) is 4.62. The molecule has 1 fully saturated rings. The van der Waals surface area contributed by atoms with Crippen LogP contribution in [0.15, 0.2) is 24.3 Å². The van der Waals surface area contributed by atoms with Gasteiger partial charge in [0.1, 0.15) is 12.8 Å². The van der Waals surface area contributed by atoms with Crippen LogP contribution in [-0.4, -0.2) is 72.2 Å². The number of fused-ring (bicyclic) bond motifs is 1. The molecule has 2 heterocycles. The zero-order chi connectivity index (χ0) is 23.6. The van der Waals surface area contributed by atoms with Gasteiger partial charge in [0.25, 0.3) is 11.8 Å². The van der Waals surface area contributed by atoms with Crippen molar-refractivity contribution in [2.75, 3.05) is 6.67 Å². The van der Waals surface area contributed by atoms with Crippen molar-refractivity contribution >= 4 is 29.7 Å². The molecule has 11 nitrogen and oxygen atoms in total. The molecule has 12 heteroatoms. The molecule has 0 bridgehead atoms. The Kier molecular flexibility index (Phi) is 6.84. The van der Waals surface area contributed by atoms with Crippen LogP contribution in [0.25, 0.3) is 0 Å². The second kappa shape index (κ2) is 9.40. The Balaban J connectivity index is 1.95. The first-order valence-corrected chi connectivity index (χ1v) is 9.51. The SMILES string of the molecule is CC(=O)OC1C(CF)OC(ON2C(=O)c3ccccc3C2=O)[C@H](OC(C)=O)C1OC(C)=O. The summed E-state index contributed by atoms with van der Waals surface area (Å²) in [7, 11) is 0. The highest BCUT2D eigenvalue weighted by Gasteiger charge is 2.54. The van der Waals surface area contributed by atoms with Gasteiger partial charge >= 0.3 is 17.9 Å². The third kappa shape index (κ3) is 4.60. The van der Waals surface area contributed by atoms with Gasteiger partial charge in [0.2, 0.25) is 6.29 Å². The summed E-state index contributed by atoms with van der Waals surface area (Å²) in [5.41, 5.74) is 0.127. The molecule has 32 heavy (non-hydrogen) atoms. The number of amides is 2. The number of rotatable bonds is 6. The van der Waals surface area contributed by atoms with E-state index in [4.69, 9.17) is 23.8 Å². The van der Waals surface area contributed by atoms with Crippen molar-refractivity contribution in [2.24, 2.45) is 0 Å². The number of esters is 3. The number of carbonyl (C=O) groups is 5. The summed E-state index contributed by atoms with van der Waals surface area (Å²) in [6, 6.07) is 5.91. The minimum Gasteiger partial charge on any atom is -0.456 e. The highest BCUT2D eigenvalue weighted by molar-refractivity contribution is 6.20. The highest BCUT2D eigenvalue weighted by atomic mass is 19.1. The Bertz CT molecular complexity index is 915. The average molecular weight is 453 g/mol. The van der Waals surface area contributed by atoms with Crippen molar-refractivity contribution in [2.45, 2.75) is 51.5 Å². The van der Waals surface area contributed by atoms with E-state index in [0.29, 0.717) is 5.06 Å². The maximum Gasteiger partial charge on any atom is 0.303 e. The summed E-state index contributed by atoms with van der Waals surface area (Å²) in [5.74, 6) is -4.21. The molecule has 1 aromatic rings. The minimum atomic E-state index is -1.75. The Morgan fingerprint density at radius 3 is 1.81 bits per heavy atom. The lowest BCUT2D eigenvalue weighted by atomic mass is 9.98. The molecule has 4 unspecified atom stereocenters. The standard InChI is InChI=1S/C20H20FNO10/c1-9(23)28-15-14(8-21)31-20(17(30-11(3)25)16(15)29-10(2)24)32-22-18(26)12-6-4-5-7-13(12)19(22)27/h4-7,14-17,20H,8H2,1-3H3/t14?,15?,16?,17-,20?/m1/s1. The quantitative estimate of drug-likeness (QED) is 0.344. The fourth-order valence-electron chi connectivity index (χ4n) is 3.43. The molecule has 1 saturated heterocycles. The van der Waals surface area contributed by atoms with Crippen LogP contribution in [-0.2, 0) is 38.2 Å². The van der Waals surface area contributed by atoms with E-state index >= 15 is 0 Å². The number of hydrogen-bond acceptors (Lipinski definition) is 10. The zero-order valence-corrected chi connectivity index (χ0v) is 17.3. The molecule has 0 aliphatic carbocycles. The van der Waals surface area contributed by atoms with Crippen LogP contribution in [0.1, 0.15) is 41.5 Å². The van der Waals surface area contributed by atoms with Gasteiger partial charge in [-0.2, -0.15) is 0 Å². The number of carbonyl (C=O) groups excluding carboxylic acids is 5. The first kappa shape index (κ1) is 23.3. The first-order chi connectivity index (χ1) is 15.1. The largest absolute Gasteiger partial charge is 0.456 e. The lowest BCUT2D eigenvalue weighted by Gasteiger charge is -2.43. The summed E-state index contributed by atoms with van der Waals surface area (Å²) in [6.45, 7) is 1.90. The molecule has 5 atom stereocenters. The number of alkyl halides is 1. The van der Waals surface area contributed by atoms with E-state index in [1.807, 2.05) is 0 Å². The molecule has 2 amide bonds. The molecule has 0 spiro atoms. The molecule has 2 aliphatic heterocycles. The molecule has 2 aliphatic rings. The molecule has 0 aromatic heterocycles. The minimum absolute atomic E-state index is 0.0636. The van der Waals surface area contributed by atoms with Crippen LogP contribution in [0.5, 0.6) is 0 Å². The Morgan fingerprint density at radius 1 is 0.875 bits per heavy atom. The lowest BCUT2D eigenvalue weighted by molar-refractivity contribution is -0.339. The van der Waals surface area contributed by atoms with E-state index in [1.165, 1.54) is 12.1 Å². The lowest BCUT2D eigenvalue weighted by Crippen LogP contribution is -2.63. The van der Waals surface area contributed by atoms with E-state index < -0.39 is 67.1 Å². The number of ether oxygens (including phenoxy) is 4. The molecule has 0 N–H and O–H groups in total.